The second-order valence-electron chi connectivity index (χ2n) is 4.07. The highest BCUT2D eigenvalue weighted by Gasteiger charge is 2.13. The van der Waals surface area contributed by atoms with E-state index in [4.69, 9.17) is 5.73 Å². The molecule has 2 N–H and O–H groups in total. The molecule has 0 aliphatic carbocycles. The van der Waals surface area contributed by atoms with Crippen molar-refractivity contribution >= 4 is 27.3 Å². The molecule has 1 unspecified atom stereocenters. The van der Waals surface area contributed by atoms with Gasteiger partial charge >= 0.3 is 0 Å². The Morgan fingerprint density at radius 2 is 1.75 bits per heavy atom. The monoisotopic (exact) mass is 295 g/mol. The van der Waals surface area contributed by atoms with Crippen molar-refractivity contribution in [2.45, 2.75) is 19.9 Å². The second-order valence-corrected chi connectivity index (χ2v) is 5.67. The van der Waals surface area contributed by atoms with Gasteiger partial charge in [-0.1, -0.05) is 29.3 Å². The van der Waals surface area contributed by atoms with Gasteiger partial charge in [0.15, 0.2) is 0 Å². The van der Waals surface area contributed by atoms with Crippen molar-refractivity contribution in [2.24, 2.45) is 5.73 Å². The van der Waals surface area contributed by atoms with Crippen LogP contribution in [0.25, 0.3) is 0 Å². The lowest BCUT2D eigenvalue weighted by Gasteiger charge is -2.13. The van der Waals surface area contributed by atoms with Gasteiger partial charge in [-0.15, -0.1) is 0 Å². The van der Waals surface area contributed by atoms with E-state index in [-0.39, 0.29) is 6.04 Å². The maximum Gasteiger partial charge on any atom is 0.0571 e. The van der Waals surface area contributed by atoms with Gasteiger partial charge in [-0.05, 0) is 46.3 Å². The zero-order chi connectivity index (χ0) is 11.7. The van der Waals surface area contributed by atoms with Crippen LogP contribution in [0.3, 0.4) is 0 Å². The minimum absolute atomic E-state index is 0.0424. The average molecular weight is 296 g/mol. The zero-order valence-electron chi connectivity index (χ0n) is 9.33. The van der Waals surface area contributed by atoms with Crippen LogP contribution in [0.1, 0.15) is 28.3 Å². The minimum Gasteiger partial charge on any atom is -0.320 e. The molecule has 16 heavy (non-hydrogen) atoms. The van der Waals surface area contributed by atoms with Gasteiger partial charge in [-0.2, -0.15) is 11.3 Å². The molecule has 2 rings (SSSR count). The van der Waals surface area contributed by atoms with Crippen LogP contribution in [0.2, 0.25) is 0 Å². The molecule has 84 valence electrons. The molecular weight excluding hydrogens is 282 g/mol. The molecule has 0 fully saturated rings. The molecule has 1 nitrogen and oxygen atoms in total. The first-order valence-corrected chi connectivity index (χ1v) is 6.87. The van der Waals surface area contributed by atoms with Crippen LogP contribution < -0.4 is 5.73 Å². The van der Waals surface area contributed by atoms with Crippen LogP contribution in [-0.2, 0) is 0 Å². The van der Waals surface area contributed by atoms with E-state index in [1.807, 2.05) is 0 Å². The minimum atomic E-state index is -0.0424. The molecule has 0 spiro atoms. The summed E-state index contributed by atoms with van der Waals surface area (Å²) in [6, 6.07) is 6.43. The lowest BCUT2D eigenvalue weighted by Crippen LogP contribution is -2.11. The van der Waals surface area contributed by atoms with E-state index in [1.165, 1.54) is 16.7 Å². The van der Waals surface area contributed by atoms with Crippen LogP contribution in [0, 0.1) is 13.8 Å². The molecule has 1 heterocycles. The van der Waals surface area contributed by atoms with E-state index in [0.29, 0.717) is 0 Å². The third-order valence-corrected chi connectivity index (χ3v) is 4.33. The lowest BCUT2D eigenvalue weighted by molar-refractivity contribution is 0.868. The number of rotatable bonds is 2. The molecule has 0 amide bonds. The quantitative estimate of drug-likeness (QED) is 0.884. The smallest absolute Gasteiger partial charge is 0.0571 e. The van der Waals surface area contributed by atoms with Gasteiger partial charge in [0.1, 0.15) is 0 Å². The summed E-state index contributed by atoms with van der Waals surface area (Å²) in [6.07, 6.45) is 0. The number of halogens is 1. The molecule has 0 saturated carbocycles. The Morgan fingerprint density at radius 3 is 2.25 bits per heavy atom. The Balaban J connectivity index is 2.41. The van der Waals surface area contributed by atoms with Gasteiger partial charge in [-0.3, -0.25) is 0 Å². The highest BCUT2D eigenvalue weighted by atomic mass is 79.9. The van der Waals surface area contributed by atoms with Gasteiger partial charge < -0.3 is 5.73 Å². The fraction of sp³-hybridized carbons (Fsp3) is 0.231. The largest absolute Gasteiger partial charge is 0.320 e. The van der Waals surface area contributed by atoms with Crippen LogP contribution in [0.5, 0.6) is 0 Å². The van der Waals surface area contributed by atoms with E-state index in [2.05, 4.69) is 58.7 Å². The summed E-state index contributed by atoms with van der Waals surface area (Å²) >= 11 is 5.20. The molecule has 0 bridgehead atoms. The molecule has 0 aliphatic rings. The summed E-state index contributed by atoms with van der Waals surface area (Å²) in [7, 11) is 0. The van der Waals surface area contributed by atoms with E-state index < -0.39 is 0 Å². The summed E-state index contributed by atoms with van der Waals surface area (Å²) in [5.41, 5.74) is 11.1. The van der Waals surface area contributed by atoms with Crippen LogP contribution in [0.4, 0.5) is 0 Å². The van der Waals surface area contributed by atoms with E-state index in [1.54, 1.807) is 11.3 Å². The van der Waals surface area contributed by atoms with Gasteiger partial charge in [0.05, 0.1) is 6.04 Å². The molecule has 1 aromatic heterocycles. The normalized spacial score (nSPS) is 12.8. The molecular formula is C13H14BrNS. The fourth-order valence-electron chi connectivity index (χ4n) is 1.88. The van der Waals surface area contributed by atoms with Crippen molar-refractivity contribution in [3.8, 4) is 0 Å². The fourth-order valence-corrected chi connectivity index (χ4v) is 3.46. The second kappa shape index (κ2) is 4.70. The maximum absolute atomic E-state index is 6.28. The Morgan fingerprint density at radius 1 is 1.12 bits per heavy atom. The number of thiophene rings is 1. The maximum atomic E-state index is 6.28. The third kappa shape index (κ3) is 2.37. The Hall–Kier alpha value is -0.640. The molecule has 0 saturated heterocycles. The standard InChI is InChI=1S/C13H14BrNS/c1-8-3-9(2)5-10(4-8)13(15)11-6-16-7-12(11)14/h3-7,13H,15H2,1-2H3. The lowest BCUT2D eigenvalue weighted by atomic mass is 9.98. The Kier molecular flexibility index (Phi) is 3.47. The van der Waals surface area contributed by atoms with E-state index in [0.717, 1.165) is 10.0 Å². The van der Waals surface area contributed by atoms with Crippen molar-refractivity contribution in [1.29, 1.82) is 0 Å². The molecule has 1 aromatic carbocycles. The van der Waals surface area contributed by atoms with Crippen LogP contribution >= 0.6 is 27.3 Å². The summed E-state index contributed by atoms with van der Waals surface area (Å²) in [4.78, 5) is 0. The van der Waals surface area contributed by atoms with Crippen molar-refractivity contribution in [3.63, 3.8) is 0 Å². The van der Waals surface area contributed by atoms with Crippen molar-refractivity contribution < 1.29 is 0 Å². The van der Waals surface area contributed by atoms with E-state index in [9.17, 15) is 0 Å². The van der Waals surface area contributed by atoms with Crippen molar-refractivity contribution in [2.75, 3.05) is 0 Å². The topological polar surface area (TPSA) is 26.0 Å². The summed E-state index contributed by atoms with van der Waals surface area (Å²) in [6.45, 7) is 4.21. The SMILES string of the molecule is Cc1cc(C)cc(C(N)c2cscc2Br)c1. The summed E-state index contributed by atoms with van der Waals surface area (Å²) < 4.78 is 1.10. The highest BCUT2D eigenvalue weighted by Crippen LogP contribution is 2.30. The first-order chi connectivity index (χ1) is 7.58. The summed E-state index contributed by atoms with van der Waals surface area (Å²) in [5.74, 6) is 0. The molecule has 1 atom stereocenters. The van der Waals surface area contributed by atoms with Crippen molar-refractivity contribution in [1.82, 2.24) is 0 Å². The van der Waals surface area contributed by atoms with Gasteiger partial charge in [0.2, 0.25) is 0 Å². The van der Waals surface area contributed by atoms with Gasteiger partial charge in [-0.25, -0.2) is 0 Å². The summed E-state index contributed by atoms with van der Waals surface area (Å²) in [5, 5.41) is 4.17. The Bertz CT molecular complexity index is 484. The number of hydrogen-bond donors (Lipinski definition) is 1. The number of nitrogens with two attached hydrogens (primary N) is 1. The number of hydrogen-bond acceptors (Lipinski definition) is 2. The van der Waals surface area contributed by atoms with Gasteiger partial charge in [0.25, 0.3) is 0 Å². The molecule has 0 aliphatic heterocycles. The van der Waals surface area contributed by atoms with Crippen LogP contribution in [0.15, 0.2) is 33.4 Å². The first-order valence-electron chi connectivity index (χ1n) is 5.13. The molecule has 3 heteroatoms. The first kappa shape index (κ1) is 11.8. The van der Waals surface area contributed by atoms with Gasteiger partial charge in [0, 0.05) is 9.85 Å². The zero-order valence-corrected chi connectivity index (χ0v) is 11.7. The predicted octanol–water partition coefficient (Wildman–Crippen LogP) is 4.18. The average Bonchev–Trinajstić information content (AvgIpc) is 2.62. The van der Waals surface area contributed by atoms with Crippen molar-refractivity contribution in [3.05, 3.63) is 55.7 Å². The third-order valence-electron chi connectivity index (χ3n) is 2.58. The molecule has 2 aromatic rings. The molecule has 0 radical (unpaired) electrons. The highest BCUT2D eigenvalue weighted by molar-refractivity contribution is 9.10. The predicted molar refractivity (Wildman–Crippen MR) is 74.0 cm³/mol. The Labute approximate surface area is 108 Å². The number of benzene rings is 1. The van der Waals surface area contributed by atoms with E-state index >= 15 is 0 Å². The van der Waals surface area contributed by atoms with Crippen LogP contribution in [-0.4, -0.2) is 0 Å². The number of aryl methyl sites for hydroxylation is 2.